The molecule has 0 aromatic heterocycles. The standard InChI is InChI=1S/C22H24N2O3/c1-11-4-7-18(12(2)8-11)23(13(3)25)10-24-21(26)19-14-5-6-15(17-9-16(14)17)20(19)22(24)27/h4-8,14-17,19-20H,9-10H2,1-3H3/t14-,15+,16-,17-,19+,20+/m1/s1. The molecule has 1 aromatic carbocycles. The Hall–Kier alpha value is -2.43. The maximum absolute atomic E-state index is 13.2. The SMILES string of the molecule is CC(=O)N(CN1C(=O)[C@H]2[C@@H]3C=C[C@@H]([C@H]4C[C@H]34)[C@@H]2C1=O)c1ccc(C)cc1C. The summed E-state index contributed by atoms with van der Waals surface area (Å²) in [4.78, 5) is 41.6. The van der Waals surface area contributed by atoms with Gasteiger partial charge in [-0.2, -0.15) is 0 Å². The molecule has 0 N–H and O–H groups in total. The molecular weight excluding hydrogens is 340 g/mol. The minimum absolute atomic E-state index is 0.0126. The minimum atomic E-state index is -0.218. The van der Waals surface area contributed by atoms with E-state index in [2.05, 4.69) is 12.2 Å². The number of allylic oxidation sites excluding steroid dienone is 2. The molecule has 3 amide bonds. The van der Waals surface area contributed by atoms with E-state index < -0.39 is 0 Å². The van der Waals surface area contributed by atoms with E-state index in [1.807, 2.05) is 32.0 Å². The van der Waals surface area contributed by atoms with Crippen LogP contribution in [-0.2, 0) is 14.4 Å². The topological polar surface area (TPSA) is 57.7 Å². The maximum Gasteiger partial charge on any atom is 0.235 e. The van der Waals surface area contributed by atoms with Crippen LogP contribution < -0.4 is 4.90 Å². The molecule has 3 fully saturated rings. The van der Waals surface area contributed by atoms with Gasteiger partial charge in [-0.25, -0.2) is 0 Å². The average molecular weight is 364 g/mol. The lowest BCUT2D eigenvalue weighted by Gasteiger charge is -2.37. The smallest absolute Gasteiger partial charge is 0.235 e. The van der Waals surface area contributed by atoms with Crippen molar-refractivity contribution < 1.29 is 14.4 Å². The van der Waals surface area contributed by atoms with Gasteiger partial charge in [0.05, 0.1) is 11.8 Å². The fraction of sp³-hybridized carbons (Fsp3) is 0.500. The van der Waals surface area contributed by atoms with Crippen molar-refractivity contribution in [3.05, 3.63) is 41.5 Å². The Bertz CT molecular complexity index is 869. The third-order valence-electron chi connectivity index (χ3n) is 7.06. The van der Waals surface area contributed by atoms with Crippen molar-refractivity contribution in [3.8, 4) is 0 Å². The van der Waals surface area contributed by atoms with Gasteiger partial charge in [0.2, 0.25) is 17.7 Å². The molecule has 6 rings (SSSR count). The van der Waals surface area contributed by atoms with E-state index in [9.17, 15) is 14.4 Å². The molecule has 6 atom stereocenters. The van der Waals surface area contributed by atoms with Gasteiger partial charge in [-0.15, -0.1) is 0 Å². The van der Waals surface area contributed by atoms with Crippen molar-refractivity contribution >= 4 is 23.4 Å². The highest BCUT2D eigenvalue weighted by molar-refractivity contribution is 6.07. The summed E-state index contributed by atoms with van der Waals surface area (Å²) in [5.41, 5.74) is 2.83. The van der Waals surface area contributed by atoms with Crippen molar-refractivity contribution in [1.29, 1.82) is 0 Å². The lowest BCUT2D eigenvalue weighted by Crippen LogP contribution is -2.44. The molecule has 2 bridgehead atoms. The van der Waals surface area contributed by atoms with Crippen molar-refractivity contribution in [2.24, 2.45) is 35.5 Å². The number of rotatable bonds is 3. The summed E-state index contributed by atoms with van der Waals surface area (Å²) in [7, 11) is 0. The third kappa shape index (κ3) is 2.27. The number of amides is 3. The Morgan fingerprint density at radius 3 is 2.19 bits per heavy atom. The number of aryl methyl sites for hydroxylation is 2. The molecule has 5 nitrogen and oxygen atoms in total. The van der Waals surface area contributed by atoms with E-state index in [0.717, 1.165) is 23.2 Å². The van der Waals surface area contributed by atoms with Gasteiger partial charge in [0, 0.05) is 12.6 Å². The van der Waals surface area contributed by atoms with E-state index in [0.29, 0.717) is 11.8 Å². The van der Waals surface area contributed by atoms with Crippen LogP contribution in [0.15, 0.2) is 30.4 Å². The summed E-state index contributed by atoms with van der Waals surface area (Å²) in [6.45, 7) is 5.45. The Balaban J connectivity index is 1.45. The monoisotopic (exact) mass is 364 g/mol. The molecule has 5 aliphatic rings. The molecule has 140 valence electrons. The number of nitrogens with zero attached hydrogens (tertiary/aromatic N) is 2. The highest BCUT2D eigenvalue weighted by atomic mass is 16.2. The van der Waals surface area contributed by atoms with E-state index in [4.69, 9.17) is 0 Å². The predicted molar refractivity (Wildman–Crippen MR) is 100 cm³/mol. The molecular formula is C22H24N2O3. The number of hydrogen-bond donors (Lipinski definition) is 0. The van der Waals surface area contributed by atoms with Crippen LogP contribution in [0.4, 0.5) is 5.69 Å². The van der Waals surface area contributed by atoms with E-state index in [1.165, 1.54) is 11.8 Å². The fourth-order valence-corrected chi connectivity index (χ4v) is 5.75. The van der Waals surface area contributed by atoms with Crippen LogP contribution in [0.3, 0.4) is 0 Å². The van der Waals surface area contributed by atoms with E-state index in [-0.39, 0.29) is 48.1 Å². The Labute approximate surface area is 159 Å². The molecule has 1 heterocycles. The van der Waals surface area contributed by atoms with Crippen LogP contribution in [0.1, 0.15) is 24.5 Å². The van der Waals surface area contributed by atoms with Crippen molar-refractivity contribution in [3.63, 3.8) is 0 Å². The van der Waals surface area contributed by atoms with Crippen LogP contribution in [0.25, 0.3) is 0 Å². The van der Waals surface area contributed by atoms with Gasteiger partial charge in [0.1, 0.15) is 6.67 Å². The first-order valence-electron chi connectivity index (χ1n) is 9.77. The van der Waals surface area contributed by atoms with Crippen LogP contribution in [0, 0.1) is 49.4 Å². The number of likely N-dealkylation sites (tertiary alicyclic amines) is 1. The lowest BCUT2D eigenvalue weighted by molar-refractivity contribution is -0.140. The quantitative estimate of drug-likeness (QED) is 0.612. The van der Waals surface area contributed by atoms with Crippen molar-refractivity contribution in [2.75, 3.05) is 11.6 Å². The second-order valence-corrected chi connectivity index (χ2v) is 8.64. The summed E-state index contributed by atoms with van der Waals surface area (Å²) in [5, 5.41) is 0. The summed E-state index contributed by atoms with van der Waals surface area (Å²) in [6.07, 6.45) is 5.49. The number of anilines is 1. The van der Waals surface area contributed by atoms with Gasteiger partial charge in [0.15, 0.2) is 0 Å². The summed E-state index contributed by atoms with van der Waals surface area (Å²) in [5.74, 6) is 0.797. The molecule has 1 aliphatic heterocycles. The molecule has 2 saturated carbocycles. The summed E-state index contributed by atoms with van der Waals surface area (Å²) >= 11 is 0. The van der Waals surface area contributed by atoms with Gasteiger partial charge in [-0.05, 0) is 55.6 Å². The molecule has 27 heavy (non-hydrogen) atoms. The second-order valence-electron chi connectivity index (χ2n) is 8.64. The van der Waals surface area contributed by atoms with Gasteiger partial charge in [-0.3, -0.25) is 24.2 Å². The lowest BCUT2D eigenvalue weighted by atomic mass is 9.63. The van der Waals surface area contributed by atoms with Gasteiger partial charge >= 0.3 is 0 Å². The normalized spacial score (nSPS) is 35.3. The molecule has 0 spiro atoms. The van der Waals surface area contributed by atoms with Gasteiger partial charge in [-0.1, -0.05) is 29.8 Å². The Kier molecular flexibility index (Phi) is 3.43. The zero-order valence-electron chi connectivity index (χ0n) is 15.9. The zero-order chi connectivity index (χ0) is 19.0. The second kappa shape index (κ2) is 5.54. The van der Waals surface area contributed by atoms with E-state index in [1.54, 1.807) is 4.90 Å². The van der Waals surface area contributed by atoms with Crippen LogP contribution in [0.2, 0.25) is 0 Å². The molecule has 1 saturated heterocycles. The first-order chi connectivity index (χ1) is 12.9. The number of imide groups is 1. The first-order valence-corrected chi connectivity index (χ1v) is 9.77. The molecule has 0 unspecified atom stereocenters. The number of carbonyl (C=O) groups is 3. The maximum atomic E-state index is 13.2. The van der Waals surface area contributed by atoms with Crippen molar-refractivity contribution in [2.45, 2.75) is 27.2 Å². The molecule has 5 heteroatoms. The molecule has 4 aliphatic carbocycles. The fourth-order valence-electron chi connectivity index (χ4n) is 5.75. The summed E-state index contributed by atoms with van der Waals surface area (Å²) in [6, 6.07) is 5.85. The predicted octanol–water partition coefficient (Wildman–Crippen LogP) is 2.67. The average Bonchev–Trinajstić information content (AvgIpc) is 3.40. The molecule has 0 radical (unpaired) electrons. The summed E-state index contributed by atoms with van der Waals surface area (Å²) < 4.78 is 0. The van der Waals surface area contributed by atoms with Gasteiger partial charge in [0.25, 0.3) is 0 Å². The highest BCUT2D eigenvalue weighted by Crippen LogP contribution is 2.65. The number of hydrogen-bond acceptors (Lipinski definition) is 3. The zero-order valence-corrected chi connectivity index (χ0v) is 15.9. The Morgan fingerprint density at radius 2 is 1.67 bits per heavy atom. The van der Waals surface area contributed by atoms with Crippen LogP contribution in [0.5, 0.6) is 0 Å². The van der Waals surface area contributed by atoms with Crippen molar-refractivity contribution in [1.82, 2.24) is 4.90 Å². The number of benzene rings is 1. The number of carbonyl (C=O) groups excluding carboxylic acids is 3. The highest BCUT2D eigenvalue weighted by Gasteiger charge is 2.67. The first kappa shape index (κ1) is 16.7. The van der Waals surface area contributed by atoms with E-state index >= 15 is 0 Å². The minimum Gasteiger partial charge on any atom is -0.294 e. The van der Waals surface area contributed by atoms with Crippen LogP contribution >= 0.6 is 0 Å². The van der Waals surface area contributed by atoms with Crippen LogP contribution in [-0.4, -0.2) is 29.3 Å². The third-order valence-corrected chi connectivity index (χ3v) is 7.06. The Morgan fingerprint density at radius 1 is 1.07 bits per heavy atom. The molecule has 1 aromatic rings. The largest absolute Gasteiger partial charge is 0.294 e. The van der Waals surface area contributed by atoms with Gasteiger partial charge < -0.3 is 0 Å².